The van der Waals surface area contributed by atoms with Crippen LogP contribution in [0.2, 0.25) is 0 Å². The maximum Gasteiger partial charge on any atom is 0.236 e. The van der Waals surface area contributed by atoms with Gasteiger partial charge in [0, 0.05) is 13.1 Å². The Kier molecular flexibility index (Phi) is 5.40. The van der Waals surface area contributed by atoms with Gasteiger partial charge in [-0.15, -0.1) is 0 Å². The van der Waals surface area contributed by atoms with Crippen LogP contribution in [0.3, 0.4) is 0 Å². The van der Waals surface area contributed by atoms with Crippen LogP contribution < -0.4 is 5.32 Å². The Morgan fingerprint density at radius 3 is 2.47 bits per heavy atom. The van der Waals surface area contributed by atoms with E-state index in [0.29, 0.717) is 25.7 Å². The topological polar surface area (TPSA) is 41.6 Å². The van der Waals surface area contributed by atoms with E-state index >= 15 is 0 Å². The predicted octanol–water partition coefficient (Wildman–Crippen LogP) is 1.12. The summed E-state index contributed by atoms with van der Waals surface area (Å²) >= 11 is 0. The third-order valence-electron chi connectivity index (χ3n) is 3.57. The molecule has 0 aromatic heterocycles. The summed E-state index contributed by atoms with van der Waals surface area (Å²) in [5.74, 6) is 0.745. The van der Waals surface area contributed by atoms with Gasteiger partial charge in [-0.3, -0.25) is 4.79 Å². The summed E-state index contributed by atoms with van der Waals surface area (Å²) in [7, 11) is 0. The molecule has 1 unspecified atom stereocenters. The van der Waals surface area contributed by atoms with E-state index in [-0.39, 0.29) is 11.3 Å². The number of carbonyl (C=O) groups excluding carboxylic acids is 1. The molecule has 0 bridgehead atoms. The molecule has 0 saturated carbocycles. The Hall–Kier alpha value is -0.610. The number of hydrogen-bond acceptors (Lipinski definition) is 3. The number of ether oxygens (including phenoxy) is 1. The highest BCUT2D eigenvalue weighted by atomic mass is 16.5. The van der Waals surface area contributed by atoms with Gasteiger partial charge in [-0.05, 0) is 17.9 Å². The van der Waals surface area contributed by atoms with Crippen LogP contribution in [0.25, 0.3) is 0 Å². The lowest BCUT2D eigenvalue weighted by Crippen LogP contribution is -2.45. The SMILES string of the molecule is CC(CNCC(=O)N1CCOCC1)C(C)(C)C. The average Bonchev–Trinajstić information content (AvgIpc) is 2.28. The molecule has 1 N–H and O–H groups in total. The lowest BCUT2D eigenvalue weighted by Gasteiger charge is -2.29. The van der Waals surface area contributed by atoms with Crippen molar-refractivity contribution in [2.24, 2.45) is 11.3 Å². The molecule has 17 heavy (non-hydrogen) atoms. The number of morpholine rings is 1. The van der Waals surface area contributed by atoms with Gasteiger partial charge >= 0.3 is 0 Å². The van der Waals surface area contributed by atoms with E-state index in [9.17, 15) is 4.79 Å². The molecule has 1 saturated heterocycles. The minimum atomic E-state index is 0.189. The summed E-state index contributed by atoms with van der Waals surface area (Å²) < 4.78 is 5.22. The van der Waals surface area contributed by atoms with E-state index in [1.165, 1.54) is 0 Å². The third kappa shape index (κ3) is 5.04. The molecule has 0 aliphatic carbocycles. The Labute approximate surface area is 105 Å². The number of rotatable bonds is 4. The lowest BCUT2D eigenvalue weighted by atomic mass is 9.82. The number of carbonyl (C=O) groups is 1. The van der Waals surface area contributed by atoms with Crippen molar-refractivity contribution in [1.29, 1.82) is 0 Å². The second kappa shape index (κ2) is 6.36. The molecule has 1 amide bonds. The summed E-state index contributed by atoms with van der Waals surface area (Å²) in [6, 6.07) is 0. The van der Waals surface area contributed by atoms with Crippen molar-refractivity contribution in [3.05, 3.63) is 0 Å². The zero-order chi connectivity index (χ0) is 12.9. The Morgan fingerprint density at radius 2 is 1.94 bits per heavy atom. The first-order valence-corrected chi connectivity index (χ1v) is 6.47. The fourth-order valence-electron chi connectivity index (χ4n) is 1.63. The molecule has 0 aromatic carbocycles. The molecular weight excluding hydrogens is 216 g/mol. The van der Waals surface area contributed by atoms with Crippen LogP contribution in [0.1, 0.15) is 27.7 Å². The van der Waals surface area contributed by atoms with Crippen LogP contribution in [0.15, 0.2) is 0 Å². The van der Waals surface area contributed by atoms with E-state index < -0.39 is 0 Å². The highest BCUT2D eigenvalue weighted by molar-refractivity contribution is 5.78. The second-order valence-electron chi connectivity index (χ2n) is 5.89. The standard InChI is InChI=1S/C13H26N2O2/c1-11(13(2,3)4)9-14-10-12(16)15-5-7-17-8-6-15/h11,14H,5-10H2,1-4H3. The molecule has 1 aliphatic heterocycles. The van der Waals surface area contributed by atoms with Crippen molar-refractivity contribution >= 4 is 5.91 Å². The maximum absolute atomic E-state index is 11.8. The lowest BCUT2D eigenvalue weighted by molar-refractivity contribution is -0.134. The normalized spacial score (nSPS) is 19.2. The smallest absolute Gasteiger partial charge is 0.236 e. The molecule has 0 aromatic rings. The van der Waals surface area contributed by atoms with Crippen LogP contribution in [0.5, 0.6) is 0 Å². The van der Waals surface area contributed by atoms with Gasteiger partial charge in [0.2, 0.25) is 5.91 Å². The number of nitrogens with one attached hydrogen (secondary N) is 1. The van der Waals surface area contributed by atoms with Crippen LogP contribution >= 0.6 is 0 Å². The van der Waals surface area contributed by atoms with Gasteiger partial charge in [0.05, 0.1) is 19.8 Å². The maximum atomic E-state index is 11.8. The van der Waals surface area contributed by atoms with E-state index in [1.807, 2.05) is 4.90 Å². The first-order valence-electron chi connectivity index (χ1n) is 6.47. The summed E-state index contributed by atoms with van der Waals surface area (Å²) in [4.78, 5) is 13.7. The number of amides is 1. The van der Waals surface area contributed by atoms with Crippen LogP contribution in [-0.4, -0.2) is 50.2 Å². The van der Waals surface area contributed by atoms with Crippen molar-refractivity contribution in [3.63, 3.8) is 0 Å². The van der Waals surface area contributed by atoms with Gasteiger partial charge in [0.25, 0.3) is 0 Å². The van der Waals surface area contributed by atoms with Gasteiger partial charge in [0.1, 0.15) is 0 Å². The van der Waals surface area contributed by atoms with Crippen LogP contribution in [0, 0.1) is 11.3 Å². The van der Waals surface area contributed by atoms with Crippen LogP contribution in [-0.2, 0) is 9.53 Å². The Morgan fingerprint density at radius 1 is 1.35 bits per heavy atom. The third-order valence-corrected chi connectivity index (χ3v) is 3.57. The second-order valence-corrected chi connectivity index (χ2v) is 5.89. The van der Waals surface area contributed by atoms with Crippen molar-refractivity contribution < 1.29 is 9.53 Å². The first-order chi connectivity index (χ1) is 7.91. The van der Waals surface area contributed by atoms with Crippen molar-refractivity contribution in [1.82, 2.24) is 10.2 Å². The van der Waals surface area contributed by atoms with Crippen molar-refractivity contribution in [2.75, 3.05) is 39.4 Å². The Bertz CT molecular complexity index is 242. The minimum Gasteiger partial charge on any atom is -0.378 e. The quantitative estimate of drug-likeness (QED) is 0.803. The molecule has 4 nitrogen and oxygen atoms in total. The molecule has 0 spiro atoms. The number of hydrogen-bond donors (Lipinski definition) is 1. The van der Waals surface area contributed by atoms with Crippen molar-refractivity contribution in [3.8, 4) is 0 Å². The van der Waals surface area contributed by atoms with Gasteiger partial charge in [0.15, 0.2) is 0 Å². The van der Waals surface area contributed by atoms with E-state index in [4.69, 9.17) is 4.74 Å². The summed E-state index contributed by atoms with van der Waals surface area (Å²) in [5, 5.41) is 3.26. The highest BCUT2D eigenvalue weighted by Gasteiger charge is 2.20. The molecule has 1 rings (SSSR count). The fourth-order valence-corrected chi connectivity index (χ4v) is 1.63. The highest BCUT2D eigenvalue weighted by Crippen LogP contribution is 2.24. The van der Waals surface area contributed by atoms with Crippen LogP contribution in [0.4, 0.5) is 0 Å². The molecule has 100 valence electrons. The molecule has 1 aliphatic rings. The minimum absolute atomic E-state index is 0.189. The molecule has 1 atom stereocenters. The van der Waals surface area contributed by atoms with Gasteiger partial charge in [-0.1, -0.05) is 27.7 Å². The van der Waals surface area contributed by atoms with Gasteiger partial charge in [-0.2, -0.15) is 0 Å². The monoisotopic (exact) mass is 242 g/mol. The molecule has 4 heteroatoms. The number of nitrogens with zero attached hydrogens (tertiary/aromatic N) is 1. The summed E-state index contributed by atoms with van der Waals surface area (Å²) in [6.07, 6.45) is 0. The Balaban J connectivity index is 2.19. The molecule has 1 fully saturated rings. The first kappa shape index (κ1) is 14.5. The molecular formula is C13H26N2O2. The van der Waals surface area contributed by atoms with E-state index in [1.54, 1.807) is 0 Å². The summed E-state index contributed by atoms with van der Waals surface area (Å²) in [6.45, 7) is 13.0. The zero-order valence-electron chi connectivity index (χ0n) is 11.6. The summed E-state index contributed by atoms with van der Waals surface area (Å²) in [5.41, 5.74) is 0.287. The largest absolute Gasteiger partial charge is 0.378 e. The van der Waals surface area contributed by atoms with E-state index in [2.05, 4.69) is 33.0 Å². The van der Waals surface area contributed by atoms with Gasteiger partial charge < -0.3 is 15.0 Å². The van der Waals surface area contributed by atoms with E-state index in [0.717, 1.165) is 19.6 Å². The van der Waals surface area contributed by atoms with Gasteiger partial charge in [-0.25, -0.2) is 0 Å². The molecule has 1 heterocycles. The predicted molar refractivity (Wildman–Crippen MR) is 68.9 cm³/mol. The molecule has 0 radical (unpaired) electrons. The fraction of sp³-hybridized carbons (Fsp3) is 0.923. The van der Waals surface area contributed by atoms with Crippen molar-refractivity contribution in [2.45, 2.75) is 27.7 Å². The average molecular weight is 242 g/mol. The zero-order valence-corrected chi connectivity index (χ0v) is 11.6.